The van der Waals surface area contributed by atoms with E-state index >= 15 is 0 Å². The number of hydrogen-bond donors (Lipinski definition) is 0. The largest absolute Gasteiger partial charge is 0.457 e. The second-order valence-electron chi connectivity index (χ2n) is 6.19. The number of esters is 1. The maximum absolute atomic E-state index is 12.2. The van der Waals surface area contributed by atoms with Crippen LogP contribution in [0.4, 0.5) is 0 Å². The highest BCUT2D eigenvalue weighted by Gasteiger charge is 2.14. The first-order valence-corrected chi connectivity index (χ1v) is 8.82. The van der Waals surface area contributed by atoms with Crippen LogP contribution in [0.5, 0.6) is 0 Å². The summed E-state index contributed by atoms with van der Waals surface area (Å²) in [5.74, 6) is -0.342. The minimum atomic E-state index is -0.342. The van der Waals surface area contributed by atoms with E-state index in [0.29, 0.717) is 10.6 Å². The zero-order valence-corrected chi connectivity index (χ0v) is 14.5. The number of carbonyl (C=O) groups is 1. The smallest absolute Gasteiger partial charge is 0.338 e. The summed E-state index contributed by atoms with van der Waals surface area (Å²) < 4.78 is 5.48. The van der Waals surface area contributed by atoms with E-state index in [0.717, 1.165) is 25.2 Å². The minimum Gasteiger partial charge on any atom is -0.457 e. The van der Waals surface area contributed by atoms with E-state index in [2.05, 4.69) is 11.0 Å². The van der Waals surface area contributed by atoms with Crippen LogP contribution in [0.2, 0.25) is 5.02 Å². The topological polar surface area (TPSA) is 29.5 Å². The summed E-state index contributed by atoms with van der Waals surface area (Å²) in [6, 6.07) is 15.0. The summed E-state index contributed by atoms with van der Waals surface area (Å²) in [7, 11) is 0. The standard InChI is InChI=1S/C20H22ClNO2/c21-19-10-6-9-16(13-19)20(23)24-15-18-8-3-2-7-17(18)14-22-11-4-1-5-12-22/h2-3,6-10,13H,1,4-5,11-12,14-15H2. The van der Waals surface area contributed by atoms with Gasteiger partial charge >= 0.3 is 5.97 Å². The molecule has 24 heavy (non-hydrogen) atoms. The highest BCUT2D eigenvalue weighted by molar-refractivity contribution is 6.30. The van der Waals surface area contributed by atoms with Gasteiger partial charge in [-0.15, -0.1) is 0 Å². The monoisotopic (exact) mass is 343 g/mol. The van der Waals surface area contributed by atoms with Gasteiger partial charge in [0.05, 0.1) is 5.56 Å². The Morgan fingerprint density at radius 2 is 1.75 bits per heavy atom. The lowest BCUT2D eigenvalue weighted by molar-refractivity contribution is 0.0471. The van der Waals surface area contributed by atoms with Crippen molar-refractivity contribution in [2.24, 2.45) is 0 Å². The third-order valence-electron chi connectivity index (χ3n) is 4.38. The molecule has 0 spiro atoms. The van der Waals surface area contributed by atoms with Crippen LogP contribution in [0.1, 0.15) is 40.7 Å². The van der Waals surface area contributed by atoms with Gasteiger partial charge in [0.1, 0.15) is 6.61 Å². The number of halogens is 1. The van der Waals surface area contributed by atoms with Crippen molar-refractivity contribution in [2.75, 3.05) is 13.1 Å². The number of carbonyl (C=O) groups excluding carboxylic acids is 1. The first-order valence-electron chi connectivity index (χ1n) is 8.44. The molecule has 4 heteroatoms. The molecule has 1 aliphatic rings. The van der Waals surface area contributed by atoms with Gasteiger partial charge in [-0.2, -0.15) is 0 Å². The molecule has 2 aromatic carbocycles. The Morgan fingerprint density at radius 1 is 1.00 bits per heavy atom. The van der Waals surface area contributed by atoms with Crippen LogP contribution in [-0.4, -0.2) is 24.0 Å². The molecule has 0 amide bonds. The van der Waals surface area contributed by atoms with Gasteiger partial charge in [0.15, 0.2) is 0 Å². The van der Waals surface area contributed by atoms with E-state index in [4.69, 9.17) is 16.3 Å². The molecule has 0 aliphatic carbocycles. The molecule has 1 aliphatic heterocycles. The average molecular weight is 344 g/mol. The number of ether oxygens (including phenoxy) is 1. The fraction of sp³-hybridized carbons (Fsp3) is 0.350. The Morgan fingerprint density at radius 3 is 2.50 bits per heavy atom. The van der Waals surface area contributed by atoms with Crippen molar-refractivity contribution in [2.45, 2.75) is 32.4 Å². The van der Waals surface area contributed by atoms with Crippen LogP contribution in [0.25, 0.3) is 0 Å². The minimum absolute atomic E-state index is 0.287. The van der Waals surface area contributed by atoms with E-state index in [9.17, 15) is 4.79 Å². The Bertz CT molecular complexity index is 696. The molecule has 0 unspecified atom stereocenters. The molecule has 0 N–H and O–H groups in total. The number of piperidine rings is 1. The first kappa shape index (κ1) is 17.0. The van der Waals surface area contributed by atoms with Crippen LogP contribution in [-0.2, 0) is 17.9 Å². The first-order chi connectivity index (χ1) is 11.7. The van der Waals surface area contributed by atoms with Gasteiger partial charge in [0.2, 0.25) is 0 Å². The van der Waals surface area contributed by atoms with Crippen LogP contribution >= 0.6 is 11.6 Å². The lowest BCUT2D eigenvalue weighted by Crippen LogP contribution is -2.29. The van der Waals surface area contributed by atoms with Crippen molar-refractivity contribution in [1.82, 2.24) is 4.90 Å². The second kappa shape index (κ2) is 8.32. The van der Waals surface area contributed by atoms with Crippen molar-refractivity contribution >= 4 is 17.6 Å². The van der Waals surface area contributed by atoms with E-state index < -0.39 is 0 Å². The van der Waals surface area contributed by atoms with Crippen molar-refractivity contribution < 1.29 is 9.53 Å². The zero-order chi connectivity index (χ0) is 16.8. The molecule has 0 radical (unpaired) electrons. The summed E-state index contributed by atoms with van der Waals surface area (Å²) in [5, 5.41) is 0.537. The number of nitrogens with zero attached hydrogens (tertiary/aromatic N) is 1. The summed E-state index contributed by atoms with van der Waals surface area (Å²) in [4.78, 5) is 14.7. The molecular formula is C20H22ClNO2. The number of benzene rings is 2. The molecule has 0 aromatic heterocycles. The molecule has 0 bridgehead atoms. The summed E-state index contributed by atoms with van der Waals surface area (Å²) in [6.45, 7) is 3.51. The molecule has 0 atom stereocenters. The van der Waals surface area contributed by atoms with E-state index in [1.807, 2.05) is 18.2 Å². The zero-order valence-electron chi connectivity index (χ0n) is 13.7. The number of likely N-dealkylation sites (tertiary alicyclic amines) is 1. The van der Waals surface area contributed by atoms with E-state index in [1.54, 1.807) is 24.3 Å². The van der Waals surface area contributed by atoms with Gasteiger partial charge < -0.3 is 4.74 Å². The van der Waals surface area contributed by atoms with Crippen LogP contribution < -0.4 is 0 Å². The predicted octanol–water partition coefficient (Wildman–Crippen LogP) is 4.68. The van der Waals surface area contributed by atoms with Gasteiger partial charge in [-0.05, 0) is 55.3 Å². The van der Waals surface area contributed by atoms with Gasteiger partial charge in [-0.25, -0.2) is 4.79 Å². The Kier molecular flexibility index (Phi) is 5.89. The Hall–Kier alpha value is -1.84. The molecule has 0 saturated carbocycles. The molecule has 126 valence electrons. The maximum Gasteiger partial charge on any atom is 0.338 e. The molecule has 1 saturated heterocycles. The lowest BCUT2D eigenvalue weighted by atomic mass is 10.1. The highest BCUT2D eigenvalue weighted by Crippen LogP contribution is 2.18. The normalized spacial score (nSPS) is 15.2. The van der Waals surface area contributed by atoms with Gasteiger partial charge in [0, 0.05) is 11.6 Å². The summed E-state index contributed by atoms with van der Waals surface area (Å²) in [5.41, 5.74) is 2.78. The Balaban J connectivity index is 1.63. The third-order valence-corrected chi connectivity index (χ3v) is 4.62. The third kappa shape index (κ3) is 4.59. The van der Waals surface area contributed by atoms with Crippen LogP contribution in [0.3, 0.4) is 0 Å². The van der Waals surface area contributed by atoms with Gasteiger partial charge in [-0.1, -0.05) is 48.4 Å². The fourth-order valence-corrected chi connectivity index (χ4v) is 3.24. The Labute approximate surface area is 148 Å². The van der Waals surface area contributed by atoms with Crippen molar-refractivity contribution in [1.29, 1.82) is 0 Å². The summed E-state index contributed by atoms with van der Waals surface area (Å²) >= 11 is 5.93. The molecule has 1 fully saturated rings. The quantitative estimate of drug-likeness (QED) is 0.738. The predicted molar refractivity (Wildman–Crippen MR) is 96.1 cm³/mol. The van der Waals surface area contributed by atoms with E-state index in [-0.39, 0.29) is 12.6 Å². The van der Waals surface area contributed by atoms with Gasteiger partial charge in [0.25, 0.3) is 0 Å². The molecule has 3 nitrogen and oxygen atoms in total. The highest BCUT2D eigenvalue weighted by atomic mass is 35.5. The maximum atomic E-state index is 12.2. The second-order valence-corrected chi connectivity index (χ2v) is 6.63. The lowest BCUT2D eigenvalue weighted by Gasteiger charge is -2.27. The summed E-state index contributed by atoms with van der Waals surface area (Å²) in [6.07, 6.45) is 3.87. The SMILES string of the molecule is O=C(OCc1ccccc1CN1CCCCC1)c1cccc(Cl)c1. The van der Waals surface area contributed by atoms with Crippen LogP contribution in [0.15, 0.2) is 48.5 Å². The van der Waals surface area contributed by atoms with Crippen molar-refractivity contribution in [3.63, 3.8) is 0 Å². The molecule has 3 rings (SSSR count). The fourth-order valence-electron chi connectivity index (χ4n) is 3.05. The van der Waals surface area contributed by atoms with E-state index in [1.165, 1.54) is 24.8 Å². The van der Waals surface area contributed by atoms with Crippen molar-refractivity contribution in [3.05, 3.63) is 70.2 Å². The molecular weight excluding hydrogens is 322 g/mol. The molecule has 1 heterocycles. The van der Waals surface area contributed by atoms with Crippen molar-refractivity contribution in [3.8, 4) is 0 Å². The average Bonchev–Trinajstić information content (AvgIpc) is 2.61. The van der Waals surface area contributed by atoms with Gasteiger partial charge in [-0.3, -0.25) is 4.90 Å². The number of hydrogen-bond acceptors (Lipinski definition) is 3. The molecule has 2 aromatic rings. The van der Waals surface area contributed by atoms with Crippen LogP contribution in [0, 0.1) is 0 Å². The number of rotatable bonds is 5.